The van der Waals surface area contributed by atoms with E-state index in [2.05, 4.69) is 15.6 Å². The molecule has 1 amide bonds. The molecule has 1 aromatic heterocycles. The fraction of sp³-hybridized carbons (Fsp3) is 0.105. The number of thiocarbonyl (C=S) groups is 1. The van der Waals surface area contributed by atoms with Crippen LogP contribution in [0, 0.1) is 0 Å². The van der Waals surface area contributed by atoms with Crippen LogP contribution < -0.4 is 20.1 Å². The molecule has 0 bridgehead atoms. The van der Waals surface area contributed by atoms with Crippen molar-refractivity contribution in [2.24, 2.45) is 0 Å². The maximum absolute atomic E-state index is 12.2. The largest absolute Gasteiger partial charge is 0.497 e. The van der Waals surface area contributed by atoms with Crippen LogP contribution in [0.3, 0.4) is 0 Å². The second-order valence-corrected chi connectivity index (χ2v) is 6.67. The van der Waals surface area contributed by atoms with Gasteiger partial charge < -0.3 is 14.8 Å². The van der Waals surface area contributed by atoms with Gasteiger partial charge in [0, 0.05) is 16.5 Å². The number of nitrogens with zero attached hydrogens (tertiary/aromatic N) is 1. The smallest absolute Gasteiger partial charge is 0.257 e. The Balaban J connectivity index is 1.60. The molecule has 0 saturated heterocycles. The number of rotatable bonds is 5. The molecule has 27 heavy (non-hydrogen) atoms. The van der Waals surface area contributed by atoms with E-state index in [1.54, 1.807) is 38.5 Å². The first-order chi connectivity index (χ1) is 13.1. The van der Waals surface area contributed by atoms with E-state index in [0.717, 1.165) is 17.0 Å². The summed E-state index contributed by atoms with van der Waals surface area (Å²) in [7, 11) is 3.20. The molecule has 2 N–H and O–H groups in total. The van der Waals surface area contributed by atoms with Crippen LogP contribution in [0.4, 0.5) is 5.13 Å². The number of thiazole rings is 1. The van der Waals surface area contributed by atoms with Crippen LogP contribution >= 0.6 is 23.6 Å². The second kappa shape index (κ2) is 8.61. The maximum Gasteiger partial charge on any atom is 0.257 e. The number of amides is 1. The predicted molar refractivity (Wildman–Crippen MR) is 111 cm³/mol. The maximum atomic E-state index is 12.2. The van der Waals surface area contributed by atoms with Gasteiger partial charge in [-0.25, -0.2) is 4.98 Å². The van der Waals surface area contributed by atoms with Gasteiger partial charge in [0.2, 0.25) is 0 Å². The minimum absolute atomic E-state index is 0.187. The van der Waals surface area contributed by atoms with Crippen LogP contribution in [-0.2, 0) is 0 Å². The van der Waals surface area contributed by atoms with Gasteiger partial charge in [-0.05, 0) is 60.7 Å². The van der Waals surface area contributed by atoms with Crippen molar-refractivity contribution in [2.75, 3.05) is 19.5 Å². The average Bonchev–Trinajstić information content (AvgIpc) is 3.16. The molecule has 2 aromatic carbocycles. The van der Waals surface area contributed by atoms with Crippen molar-refractivity contribution in [3.05, 3.63) is 59.5 Å². The minimum Gasteiger partial charge on any atom is -0.497 e. The van der Waals surface area contributed by atoms with Gasteiger partial charge in [-0.1, -0.05) is 0 Å². The van der Waals surface area contributed by atoms with Gasteiger partial charge in [-0.2, -0.15) is 0 Å². The first-order valence-electron chi connectivity index (χ1n) is 7.95. The summed E-state index contributed by atoms with van der Waals surface area (Å²) >= 11 is 6.60. The summed E-state index contributed by atoms with van der Waals surface area (Å²) < 4.78 is 10.2. The summed E-state index contributed by atoms with van der Waals surface area (Å²) in [5.41, 5.74) is 2.26. The number of anilines is 1. The molecule has 0 fully saturated rings. The highest BCUT2D eigenvalue weighted by atomic mass is 32.1. The molecule has 0 unspecified atom stereocenters. The highest BCUT2D eigenvalue weighted by Crippen LogP contribution is 2.26. The van der Waals surface area contributed by atoms with Crippen molar-refractivity contribution in [3.8, 4) is 22.8 Å². The average molecular weight is 399 g/mol. The normalized spacial score (nSPS) is 10.1. The Labute approximate surface area is 166 Å². The quantitative estimate of drug-likeness (QED) is 0.633. The zero-order chi connectivity index (χ0) is 19.2. The van der Waals surface area contributed by atoms with E-state index in [9.17, 15) is 4.79 Å². The molecular formula is C19H17N3O3S2. The Hall–Kier alpha value is -2.97. The predicted octanol–water partition coefficient (Wildman–Crippen LogP) is 3.95. The Kier molecular flexibility index (Phi) is 6.00. The molecule has 138 valence electrons. The molecule has 0 spiro atoms. The Morgan fingerprint density at radius 3 is 2.19 bits per heavy atom. The number of ether oxygens (including phenoxy) is 2. The molecule has 0 aliphatic heterocycles. The zero-order valence-electron chi connectivity index (χ0n) is 14.7. The van der Waals surface area contributed by atoms with E-state index >= 15 is 0 Å². The molecule has 0 atom stereocenters. The first-order valence-corrected chi connectivity index (χ1v) is 9.24. The third-order valence-electron chi connectivity index (χ3n) is 3.69. The van der Waals surface area contributed by atoms with E-state index in [0.29, 0.717) is 16.4 Å². The van der Waals surface area contributed by atoms with Gasteiger partial charge in [-0.15, -0.1) is 11.3 Å². The van der Waals surface area contributed by atoms with Crippen molar-refractivity contribution >= 4 is 39.7 Å². The summed E-state index contributed by atoms with van der Waals surface area (Å²) in [5, 5.41) is 8.27. The lowest BCUT2D eigenvalue weighted by Crippen LogP contribution is -2.34. The van der Waals surface area contributed by atoms with Crippen molar-refractivity contribution in [1.29, 1.82) is 0 Å². The third kappa shape index (κ3) is 4.81. The van der Waals surface area contributed by atoms with Gasteiger partial charge in [0.25, 0.3) is 5.91 Å². The van der Waals surface area contributed by atoms with Crippen LogP contribution in [0.1, 0.15) is 10.4 Å². The lowest BCUT2D eigenvalue weighted by molar-refractivity contribution is 0.0977. The van der Waals surface area contributed by atoms with E-state index in [1.165, 1.54) is 11.3 Å². The molecule has 6 nitrogen and oxygen atoms in total. The van der Waals surface area contributed by atoms with Crippen molar-refractivity contribution < 1.29 is 14.3 Å². The molecule has 3 aromatic rings. The van der Waals surface area contributed by atoms with E-state index in [4.69, 9.17) is 21.7 Å². The van der Waals surface area contributed by atoms with E-state index < -0.39 is 0 Å². The number of carbonyl (C=O) groups excluding carboxylic acids is 1. The van der Waals surface area contributed by atoms with E-state index in [1.807, 2.05) is 29.6 Å². The van der Waals surface area contributed by atoms with Gasteiger partial charge in [-0.3, -0.25) is 10.1 Å². The van der Waals surface area contributed by atoms with Gasteiger partial charge in [0.1, 0.15) is 11.5 Å². The summed E-state index contributed by atoms with van der Waals surface area (Å²) in [5.74, 6) is 1.16. The van der Waals surface area contributed by atoms with Crippen molar-refractivity contribution in [1.82, 2.24) is 10.3 Å². The lowest BCUT2D eigenvalue weighted by atomic mass is 10.2. The molecule has 0 aliphatic rings. The van der Waals surface area contributed by atoms with Crippen LogP contribution in [0.15, 0.2) is 53.9 Å². The van der Waals surface area contributed by atoms with Gasteiger partial charge >= 0.3 is 0 Å². The summed E-state index contributed by atoms with van der Waals surface area (Å²) in [6.07, 6.45) is 0. The Bertz CT molecular complexity index is 938. The number of hydrogen-bond acceptors (Lipinski definition) is 6. The monoisotopic (exact) mass is 399 g/mol. The second-order valence-electron chi connectivity index (χ2n) is 5.40. The Morgan fingerprint density at radius 1 is 1.00 bits per heavy atom. The number of methoxy groups -OCH3 is 2. The highest BCUT2D eigenvalue weighted by molar-refractivity contribution is 7.80. The third-order valence-corrected chi connectivity index (χ3v) is 4.65. The minimum atomic E-state index is -0.304. The molecule has 3 rings (SSSR count). The van der Waals surface area contributed by atoms with E-state index in [-0.39, 0.29) is 11.0 Å². The summed E-state index contributed by atoms with van der Waals surface area (Å²) in [6, 6.07) is 14.4. The van der Waals surface area contributed by atoms with Gasteiger partial charge in [0.15, 0.2) is 10.2 Å². The molecule has 0 saturated carbocycles. The SMILES string of the molecule is COc1ccc(C(=O)NC(=S)Nc2nc(-c3ccc(OC)cc3)cs2)cc1. The molecular weight excluding hydrogens is 382 g/mol. The van der Waals surface area contributed by atoms with Crippen LogP contribution in [0.5, 0.6) is 11.5 Å². The fourth-order valence-corrected chi connectivity index (χ4v) is 3.25. The van der Waals surface area contributed by atoms with Crippen LogP contribution in [-0.4, -0.2) is 30.2 Å². The van der Waals surface area contributed by atoms with Crippen molar-refractivity contribution in [2.45, 2.75) is 0 Å². The number of nitrogens with one attached hydrogen (secondary N) is 2. The lowest BCUT2D eigenvalue weighted by Gasteiger charge is -2.07. The summed E-state index contributed by atoms with van der Waals surface area (Å²) in [6.45, 7) is 0. The standard InChI is InChI=1S/C19H17N3O3S2/c1-24-14-7-3-12(4-8-14)16-11-27-19(20-16)22-18(26)21-17(23)13-5-9-15(25-2)10-6-13/h3-11H,1-2H3,(H2,20,21,22,23,26). The number of aromatic nitrogens is 1. The summed E-state index contributed by atoms with van der Waals surface area (Å²) in [4.78, 5) is 16.7. The highest BCUT2D eigenvalue weighted by Gasteiger charge is 2.10. The topological polar surface area (TPSA) is 72.5 Å². The van der Waals surface area contributed by atoms with Crippen LogP contribution in [0.25, 0.3) is 11.3 Å². The molecule has 0 aliphatic carbocycles. The molecule has 8 heteroatoms. The number of benzene rings is 2. The molecule has 0 radical (unpaired) electrons. The Morgan fingerprint density at radius 2 is 1.59 bits per heavy atom. The first kappa shape index (κ1) is 18.8. The molecule has 1 heterocycles. The zero-order valence-corrected chi connectivity index (χ0v) is 16.3. The fourth-order valence-electron chi connectivity index (χ4n) is 2.27. The van der Waals surface area contributed by atoms with Gasteiger partial charge in [0.05, 0.1) is 19.9 Å². The van der Waals surface area contributed by atoms with Crippen molar-refractivity contribution in [3.63, 3.8) is 0 Å². The number of hydrogen-bond donors (Lipinski definition) is 2. The van der Waals surface area contributed by atoms with Crippen LogP contribution in [0.2, 0.25) is 0 Å². The number of carbonyl (C=O) groups is 1.